The van der Waals surface area contributed by atoms with Gasteiger partial charge in [-0.25, -0.2) is 15.0 Å². The van der Waals surface area contributed by atoms with Crippen LogP contribution >= 0.6 is 11.6 Å². The maximum atomic E-state index is 13.2. The molecule has 0 fully saturated rings. The molecule has 0 radical (unpaired) electrons. The monoisotopic (exact) mass is 540 g/mol. The molecule has 14 heteroatoms. The van der Waals surface area contributed by atoms with E-state index in [0.29, 0.717) is 11.3 Å². The number of nitrogens with zero attached hydrogens (tertiary/aromatic N) is 5. The minimum atomic E-state index is -4.19. The summed E-state index contributed by atoms with van der Waals surface area (Å²) in [7, 11) is -2.73. The maximum Gasteiger partial charge on any atom is 0.280 e. The van der Waals surface area contributed by atoms with Gasteiger partial charge in [0.15, 0.2) is 39.2 Å². The van der Waals surface area contributed by atoms with E-state index in [4.69, 9.17) is 32.7 Å². The number of sulfonamides is 1. The molecule has 0 aliphatic carbocycles. The molecule has 12 nitrogen and oxygen atoms in total. The van der Waals surface area contributed by atoms with Gasteiger partial charge in [0, 0.05) is 18.0 Å². The standard InChI is InChI=1S/C23H21ClN8O4S/c1-13-7-8-18(28-12-13)37(33,34)32-23-19(36-17-6-4-3-5-16(17)35-2)20(24)29-22(30-23)14-9-10-27-15(11-14)21(25)31-26/h3-12H,26H2,1-2H3,(H2,25,31)(H,29,30,32). The van der Waals surface area contributed by atoms with E-state index in [1.807, 2.05) is 0 Å². The van der Waals surface area contributed by atoms with Gasteiger partial charge in [-0.15, -0.1) is 0 Å². The second-order valence-corrected chi connectivity index (χ2v) is 9.48. The molecule has 5 N–H and O–H groups in total. The molecule has 0 aliphatic rings. The van der Waals surface area contributed by atoms with Crippen LogP contribution in [0.1, 0.15) is 11.3 Å². The number of aryl methyl sites for hydroxylation is 1. The van der Waals surface area contributed by atoms with E-state index < -0.39 is 10.0 Å². The lowest BCUT2D eigenvalue weighted by molar-refractivity contribution is 0.378. The second-order valence-electron chi connectivity index (χ2n) is 7.49. The van der Waals surface area contributed by atoms with E-state index in [1.54, 1.807) is 43.3 Å². The van der Waals surface area contributed by atoms with Crippen molar-refractivity contribution in [1.82, 2.24) is 19.9 Å². The largest absolute Gasteiger partial charge is 0.493 e. The predicted molar refractivity (Wildman–Crippen MR) is 138 cm³/mol. The Morgan fingerprint density at radius 3 is 2.51 bits per heavy atom. The average Bonchev–Trinajstić information content (AvgIpc) is 2.90. The van der Waals surface area contributed by atoms with E-state index in [1.165, 1.54) is 31.6 Å². The smallest absolute Gasteiger partial charge is 0.280 e. The number of amidine groups is 1. The molecule has 0 saturated carbocycles. The van der Waals surface area contributed by atoms with Gasteiger partial charge in [-0.2, -0.15) is 13.5 Å². The highest BCUT2D eigenvalue weighted by molar-refractivity contribution is 7.92. The van der Waals surface area contributed by atoms with Gasteiger partial charge in [0.1, 0.15) is 5.69 Å². The molecule has 0 spiro atoms. The lowest BCUT2D eigenvalue weighted by Crippen LogP contribution is -2.17. The molecule has 0 amide bonds. The van der Waals surface area contributed by atoms with Gasteiger partial charge in [-0.3, -0.25) is 9.71 Å². The number of nitrogens with two attached hydrogens (primary N) is 2. The van der Waals surface area contributed by atoms with Gasteiger partial charge >= 0.3 is 0 Å². The molecule has 4 rings (SSSR count). The van der Waals surface area contributed by atoms with Gasteiger partial charge < -0.3 is 21.1 Å². The zero-order valence-corrected chi connectivity index (χ0v) is 21.2. The maximum absolute atomic E-state index is 13.2. The van der Waals surface area contributed by atoms with E-state index in [-0.39, 0.29) is 44.8 Å². The number of methoxy groups -OCH3 is 1. The highest BCUT2D eigenvalue weighted by Crippen LogP contribution is 2.40. The van der Waals surface area contributed by atoms with Crippen molar-refractivity contribution in [3.05, 3.63) is 77.3 Å². The predicted octanol–water partition coefficient (Wildman–Crippen LogP) is 3.08. The van der Waals surface area contributed by atoms with Crippen LogP contribution in [0.3, 0.4) is 0 Å². The summed E-state index contributed by atoms with van der Waals surface area (Å²) in [6.07, 6.45) is 2.88. The van der Waals surface area contributed by atoms with Crippen molar-refractivity contribution in [2.75, 3.05) is 11.8 Å². The summed E-state index contributed by atoms with van der Waals surface area (Å²) in [6, 6.07) is 12.8. The van der Waals surface area contributed by atoms with E-state index in [2.05, 4.69) is 29.8 Å². The van der Waals surface area contributed by atoms with Crippen LogP contribution in [0.15, 0.2) is 71.1 Å². The number of anilines is 1. The second kappa shape index (κ2) is 10.6. The van der Waals surface area contributed by atoms with Crippen molar-refractivity contribution in [2.24, 2.45) is 16.7 Å². The highest BCUT2D eigenvalue weighted by atomic mass is 35.5. The van der Waals surface area contributed by atoms with Crippen molar-refractivity contribution >= 4 is 33.3 Å². The summed E-state index contributed by atoms with van der Waals surface area (Å²) in [6.45, 7) is 1.79. The Bertz CT molecular complexity index is 1580. The number of halogens is 1. The van der Waals surface area contributed by atoms with E-state index in [0.717, 1.165) is 5.56 Å². The Morgan fingerprint density at radius 1 is 1.08 bits per heavy atom. The zero-order chi connectivity index (χ0) is 26.6. The number of hydrazone groups is 1. The van der Waals surface area contributed by atoms with Crippen LogP contribution < -0.4 is 25.8 Å². The number of benzene rings is 1. The molecule has 0 saturated heterocycles. The van der Waals surface area contributed by atoms with Gasteiger partial charge in [-0.1, -0.05) is 29.8 Å². The Balaban J connectivity index is 1.85. The lowest BCUT2D eigenvalue weighted by atomic mass is 10.2. The first kappa shape index (κ1) is 25.6. The number of para-hydroxylation sites is 2. The molecule has 3 heterocycles. The van der Waals surface area contributed by atoms with Crippen molar-refractivity contribution in [1.29, 1.82) is 0 Å². The number of hydrogen-bond acceptors (Lipinski definition) is 10. The fraction of sp³-hybridized carbons (Fsp3) is 0.0870. The minimum Gasteiger partial charge on any atom is -0.493 e. The van der Waals surface area contributed by atoms with Crippen molar-refractivity contribution in [3.8, 4) is 28.6 Å². The molecule has 0 unspecified atom stereocenters. The Labute approximate surface area is 217 Å². The minimum absolute atomic E-state index is 0.0181. The number of rotatable bonds is 8. The third-order valence-electron chi connectivity index (χ3n) is 4.92. The fourth-order valence-electron chi connectivity index (χ4n) is 3.09. The van der Waals surface area contributed by atoms with Crippen LogP contribution in [0.4, 0.5) is 5.82 Å². The van der Waals surface area contributed by atoms with E-state index in [9.17, 15) is 8.42 Å². The summed E-state index contributed by atoms with van der Waals surface area (Å²) in [5, 5.41) is 3.03. The molecule has 37 heavy (non-hydrogen) atoms. The van der Waals surface area contributed by atoms with Crippen molar-refractivity contribution in [3.63, 3.8) is 0 Å². The van der Waals surface area contributed by atoms with E-state index >= 15 is 0 Å². The SMILES string of the molecule is COc1ccccc1Oc1c(Cl)nc(-c2ccnc(/C(N)=N/N)c2)nc1NS(=O)(=O)c1ccc(C)cn1. The van der Waals surface area contributed by atoms with Crippen LogP contribution in [0.2, 0.25) is 5.15 Å². The first-order valence-electron chi connectivity index (χ1n) is 10.6. The Hall–Kier alpha value is -4.49. The molecule has 3 aromatic heterocycles. The fourth-order valence-corrected chi connectivity index (χ4v) is 4.24. The molecule has 0 aliphatic heterocycles. The van der Waals surface area contributed by atoms with Crippen molar-refractivity contribution in [2.45, 2.75) is 11.9 Å². The van der Waals surface area contributed by atoms with Crippen LogP contribution in [0.25, 0.3) is 11.4 Å². The Kier molecular flexibility index (Phi) is 7.36. The zero-order valence-electron chi connectivity index (χ0n) is 19.6. The van der Waals surface area contributed by atoms with Crippen LogP contribution in [-0.4, -0.2) is 41.3 Å². The summed E-state index contributed by atoms with van der Waals surface area (Å²) in [4.78, 5) is 16.8. The molecule has 190 valence electrons. The lowest BCUT2D eigenvalue weighted by Gasteiger charge is -2.16. The Morgan fingerprint density at radius 2 is 1.84 bits per heavy atom. The quantitative estimate of drug-likeness (QED) is 0.0987. The summed E-state index contributed by atoms with van der Waals surface area (Å²) in [5.41, 5.74) is 7.23. The molecule has 0 bridgehead atoms. The third kappa shape index (κ3) is 5.68. The number of aromatic nitrogens is 4. The number of ether oxygens (including phenoxy) is 2. The van der Waals surface area contributed by atoms with Gasteiger partial charge in [0.25, 0.3) is 10.0 Å². The van der Waals surface area contributed by atoms with Gasteiger partial charge in [0.05, 0.1) is 7.11 Å². The summed E-state index contributed by atoms with van der Waals surface area (Å²) in [5.74, 6) is 5.55. The molecular weight excluding hydrogens is 520 g/mol. The van der Waals surface area contributed by atoms with Gasteiger partial charge in [0.2, 0.25) is 5.75 Å². The molecule has 1 aromatic carbocycles. The van der Waals surface area contributed by atoms with Crippen molar-refractivity contribution < 1.29 is 17.9 Å². The molecular formula is C23H21ClN8O4S. The normalized spacial score (nSPS) is 11.7. The highest BCUT2D eigenvalue weighted by Gasteiger charge is 2.24. The van der Waals surface area contributed by atoms with Gasteiger partial charge in [-0.05, 0) is 42.8 Å². The average molecular weight is 541 g/mol. The molecule has 0 atom stereocenters. The van der Waals surface area contributed by atoms with Crippen LogP contribution in [-0.2, 0) is 10.0 Å². The first-order chi connectivity index (χ1) is 17.7. The number of nitrogens with one attached hydrogen (secondary N) is 1. The number of hydrogen-bond donors (Lipinski definition) is 3. The summed E-state index contributed by atoms with van der Waals surface area (Å²) < 4.78 is 40.0. The topological polar surface area (TPSA) is 181 Å². The van der Waals surface area contributed by atoms with Crippen LogP contribution in [0.5, 0.6) is 17.2 Å². The van der Waals surface area contributed by atoms with Crippen LogP contribution in [0, 0.1) is 6.92 Å². The summed E-state index contributed by atoms with van der Waals surface area (Å²) >= 11 is 6.50. The number of pyridine rings is 2. The molecule has 4 aromatic rings. The third-order valence-corrected chi connectivity index (χ3v) is 6.43. The first-order valence-corrected chi connectivity index (χ1v) is 12.4.